The molecule has 0 saturated carbocycles. The summed E-state index contributed by atoms with van der Waals surface area (Å²) in [5, 5.41) is 12.2. The zero-order valence-electron chi connectivity index (χ0n) is 9.40. The summed E-state index contributed by atoms with van der Waals surface area (Å²) in [5.41, 5.74) is 0.844. The first-order chi connectivity index (χ1) is 8.79. The Bertz CT molecular complexity index is 751. The smallest absolute Gasteiger partial charge is 0.265 e. The van der Waals surface area contributed by atoms with E-state index in [1.54, 1.807) is 0 Å². The highest BCUT2D eigenvalue weighted by molar-refractivity contribution is 8.00. The number of rotatable bonds is 2. The number of hydrogen-bond acceptors (Lipinski definition) is 6. The van der Waals surface area contributed by atoms with Crippen molar-refractivity contribution >= 4 is 28.1 Å². The molecule has 0 N–H and O–H groups in total. The molecule has 7 heteroatoms. The van der Waals surface area contributed by atoms with Crippen LogP contribution >= 0.6 is 23.1 Å². The summed E-state index contributed by atoms with van der Waals surface area (Å²) in [7, 11) is 0. The van der Waals surface area contributed by atoms with E-state index in [-0.39, 0.29) is 5.56 Å². The molecule has 0 radical (unpaired) electrons. The number of hydrogen-bond donors (Lipinski definition) is 0. The second-order valence-electron chi connectivity index (χ2n) is 3.49. The van der Waals surface area contributed by atoms with Gasteiger partial charge in [-0.05, 0) is 6.26 Å². The van der Waals surface area contributed by atoms with Gasteiger partial charge in [0.1, 0.15) is 0 Å². The SMILES string of the molecule is CSc1nn2c(=O)c(-c3ccccc3)nnc2s1. The van der Waals surface area contributed by atoms with E-state index in [1.165, 1.54) is 27.6 Å². The maximum absolute atomic E-state index is 12.3. The summed E-state index contributed by atoms with van der Waals surface area (Å²) < 4.78 is 2.11. The topological polar surface area (TPSA) is 60.2 Å². The zero-order chi connectivity index (χ0) is 12.5. The molecular formula is C11H8N4OS2. The normalized spacial score (nSPS) is 10.9. The Kier molecular flexibility index (Phi) is 2.85. The summed E-state index contributed by atoms with van der Waals surface area (Å²) in [5.74, 6) is 0. The van der Waals surface area contributed by atoms with Crippen molar-refractivity contribution in [1.82, 2.24) is 19.8 Å². The van der Waals surface area contributed by atoms with Crippen LogP contribution in [0.3, 0.4) is 0 Å². The summed E-state index contributed by atoms with van der Waals surface area (Å²) in [6, 6.07) is 9.28. The van der Waals surface area contributed by atoms with Gasteiger partial charge < -0.3 is 0 Å². The fourth-order valence-electron chi connectivity index (χ4n) is 1.56. The van der Waals surface area contributed by atoms with Gasteiger partial charge in [0, 0.05) is 5.56 Å². The number of aromatic nitrogens is 4. The van der Waals surface area contributed by atoms with Gasteiger partial charge in [-0.1, -0.05) is 53.4 Å². The second-order valence-corrected chi connectivity index (χ2v) is 5.50. The molecular weight excluding hydrogens is 268 g/mol. The Labute approximate surface area is 111 Å². The molecule has 0 fully saturated rings. The van der Waals surface area contributed by atoms with Crippen molar-refractivity contribution in [2.24, 2.45) is 0 Å². The van der Waals surface area contributed by atoms with E-state index in [0.29, 0.717) is 10.7 Å². The highest BCUT2D eigenvalue weighted by atomic mass is 32.2. The molecule has 1 aromatic carbocycles. The van der Waals surface area contributed by atoms with Gasteiger partial charge in [-0.3, -0.25) is 4.79 Å². The predicted molar refractivity (Wildman–Crippen MR) is 72.1 cm³/mol. The van der Waals surface area contributed by atoms with Crippen LogP contribution in [0, 0.1) is 0 Å². The van der Waals surface area contributed by atoms with Gasteiger partial charge in [-0.2, -0.15) is 4.52 Å². The third-order valence-electron chi connectivity index (χ3n) is 2.39. The van der Waals surface area contributed by atoms with Crippen LogP contribution in [0.4, 0.5) is 0 Å². The first-order valence-corrected chi connectivity index (χ1v) is 7.19. The highest BCUT2D eigenvalue weighted by Gasteiger charge is 2.12. The van der Waals surface area contributed by atoms with Crippen LogP contribution in [0.5, 0.6) is 0 Å². The van der Waals surface area contributed by atoms with E-state index >= 15 is 0 Å². The molecule has 0 unspecified atom stereocenters. The molecule has 3 rings (SSSR count). The molecule has 2 aromatic heterocycles. The van der Waals surface area contributed by atoms with Crippen molar-refractivity contribution in [2.75, 3.05) is 6.26 Å². The van der Waals surface area contributed by atoms with Gasteiger partial charge in [0.2, 0.25) is 4.96 Å². The Balaban J connectivity index is 2.27. The Morgan fingerprint density at radius 1 is 1.22 bits per heavy atom. The van der Waals surface area contributed by atoms with Crippen LogP contribution < -0.4 is 5.56 Å². The third kappa shape index (κ3) is 1.81. The molecule has 0 bridgehead atoms. The molecule has 18 heavy (non-hydrogen) atoms. The molecule has 3 aromatic rings. The number of thioether (sulfide) groups is 1. The lowest BCUT2D eigenvalue weighted by molar-refractivity contribution is 0.829. The third-order valence-corrected chi connectivity index (χ3v) is 4.27. The summed E-state index contributed by atoms with van der Waals surface area (Å²) in [6.07, 6.45) is 1.91. The Morgan fingerprint density at radius 3 is 2.72 bits per heavy atom. The van der Waals surface area contributed by atoms with Crippen LogP contribution in [0.1, 0.15) is 0 Å². The molecule has 2 heterocycles. The quantitative estimate of drug-likeness (QED) is 0.669. The molecule has 0 aliphatic heterocycles. The highest BCUT2D eigenvalue weighted by Crippen LogP contribution is 2.20. The van der Waals surface area contributed by atoms with Crippen LogP contribution in [-0.2, 0) is 0 Å². The van der Waals surface area contributed by atoms with Gasteiger partial charge >= 0.3 is 5.56 Å². The average molecular weight is 276 g/mol. The molecule has 0 aliphatic rings. The van der Waals surface area contributed by atoms with Crippen LogP contribution in [0.15, 0.2) is 39.5 Å². The van der Waals surface area contributed by atoms with E-state index in [4.69, 9.17) is 0 Å². The van der Waals surface area contributed by atoms with Crippen LogP contribution in [0.25, 0.3) is 16.2 Å². The maximum Gasteiger partial charge on any atom is 0.302 e. The lowest BCUT2D eigenvalue weighted by atomic mass is 10.2. The van der Waals surface area contributed by atoms with Crippen molar-refractivity contribution in [2.45, 2.75) is 4.34 Å². The molecule has 0 saturated heterocycles. The van der Waals surface area contributed by atoms with E-state index in [1.807, 2.05) is 36.6 Å². The van der Waals surface area contributed by atoms with Crippen LogP contribution in [0.2, 0.25) is 0 Å². The van der Waals surface area contributed by atoms with Crippen molar-refractivity contribution in [3.63, 3.8) is 0 Å². The summed E-state index contributed by atoms with van der Waals surface area (Å²) in [4.78, 5) is 12.8. The van der Waals surface area contributed by atoms with Crippen molar-refractivity contribution in [1.29, 1.82) is 0 Å². The van der Waals surface area contributed by atoms with Crippen molar-refractivity contribution in [3.05, 3.63) is 40.7 Å². The molecule has 90 valence electrons. The minimum atomic E-state index is -0.234. The molecule has 0 atom stereocenters. The minimum absolute atomic E-state index is 0.234. The monoisotopic (exact) mass is 276 g/mol. The summed E-state index contributed by atoms with van der Waals surface area (Å²) in [6.45, 7) is 0. The first kappa shape index (κ1) is 11.4. The van der Waals surface area contributed by atoms with E-state index in [2.05, 4.69) is 15.3 Å². The molecule has 0 amide bonds. The van der Waals surface area contributed by atoms with E-state index in [0.717, 1.165) is 9.90 Å². The first-order valence-electron chi connectivity index (χ1n) is 5.15. The van der Waals surface area contributed by atoms with Gasteiger partial charge in [0.15, 0.2) is 10.0 Å². The average Bonchev–Trinajstić information content (AvgIpc) is 2.84. The van der Waals surface area contributed by atoms with Gasteiger partial charge in [-0.15, -0.1) is 15.3 Å². The van der Waals surface area contributed by atoms with E-state index in [9.17, 15) is 4.79 Å². The fraction of sp³-hybridized carbons (Fsp3) is 0.0909. The lowest BCUT2D eigenvalue weighted by Gasteiger charge is -1.97. The lowest BCUT2D eigenvalue weighted by Crippen LogP contribution is -2.18. The standard InChI is InChI=1S/C11H8N4OS2/c1-17-11-14-15-9(16)8(12-13-10(15)18-11)7-5-3-2-4-6-7/h2-6H,1H3. The largest absolute Gasteiger partial charge is 0.302 e. The second kappa shape index (κ2) is 4.51. The van der Waals surface area contributed by atoms with Crippen molar-refractivity contribution < 1.29 is 0 Å². The number of nitrogens with zero attached hydrogens (tertiary/aromatic N) is 4. The van der Waals surface area contributed by atoms with Crippen molar-refractivity contribution in [3.8, 4) is 11.3 Å². The van der Waals surface area contributed by atoms with Crippen LogP contribution in [-0.4, -0.2) is 26.1 Å². The predicted octanol–water partition coefficient (Wildman–Crippen LogP) is 1.93. The minimum Gasteiger partial charge on any atom is -0.265 e. The van der Waals surface area contributed by atoms with Gasteiger partial charge in [-0.25, -0.2) is 0 Å². The maximum atomic E-state index is 12.3. The number of fused-ring (bicyclic) bond motifs is 1. The van der Waals surface area contributed by atoms with Gasteiger partial charge in [0.25, 0.3) is 0 Å². The zero-order valence-corrected chi connectivity index (χ0v) is 11.0. The van der Waals surface area contributed by atoms with E-state index < -0.39 is 0 Å². The Hall–Kier alpha value is -1.73. The fourth-order valence-corrected chi connectivity index (χ4v) is 2.85. The Morgan fingerprint density at radius 2 is 2.00 bits per heavy atom. The van der Waals surface area contributed by atoms with Gasteiger partial charge in [0.05, 0.1) is 0 Å². The molecule has 0 aliphatic carbocycles. The molecule has 5 nitrogen and oxygen atoms in total. The molecule has 0 spiro atoms. The number of benzene rings is 1. The summed E-state index contributed by atoms with van der Waals surface area (Å²) >= 11 is 2.84.